The lowest BCUT2D eigenvalue weighted by molar-refractivity contribution is 0.708. The number of hydrogen-bond acceptors (Lipinski definition) is 2. The predicted octanol–water partition coefficient (Wildman–Crippen LogP) is 5.80. The van der Waals surface area contributed by atoms with Gasteiger partial charge in [0.1, 0.15) is 0 Å². The fourth-order valence-corrected chi connectivity index (χ4v) is 3.52. The van der Waals surface area contributed by atoms with Crippen LogP contribution in [0.3, 0.4) is 0 Å². The molecule has 0 saturated heterocycles. The average Bonchev–Trinajstić information content (AvgIpc) is 3.09. The lowest BCUT2D eigenvalue weighted by atomic mass is 9.98. The molecule has 3 aromatic rings. The van der Waals surface area contributed by atoms with Crippen molar-refractivity contribution in [2.45, 2.75) is 12.5 Å². The number of hydrogen-bond donors (Lipinski definition) is 0. The summed E-state index contributed by atoms with van der Waals surface area (Å²) < 4.78 is 1.10. The average molecular weight is 377 g/mol. The molecule has 0 unspecified atom stereocenters. The maximum Gasteiger partial charge on any atom is 0.0832 e. The van der Waals surface area contributed by atoms with Crippen molar-refractivity contribution in [3.05, 3.63) is 101 Å². The Kier molecular flexibility index (Phi) is 4.18. The van der Waals surface area contributed by atoms with E-state index >= 15 is 0 Å². The van der Waals surface area contributed by atoms with Gasteiger partial charge >= 0.3 is 0 Å². The normalized spacial score (nSPS) is 17.0. The van der Waals surface area contributed by atoms with Crippen LogP contribution in [0.5, 0.6) is 0 Å². The molecule has 24 heavy (non-hydrogen) atoms. The first-order valence-corrected chi connectivity index (χ1v) is 8.83. The van der Waals surface area contributed by atoms with Crippen molar-refractivity contribution in [1.29, 1.82) is 0 Å². The Morgan fingerprint density at radius 3 is 2.25 bits per heavy atom. The second-order valence-electron chi connectivity index (χ2n) is 5.87. The molecule has 0 amide bonds. The van der Waals surface area contributed by atoms with E-state index in [-0.39, 0.29) is 6.04 Å². The summed E-state index contributed by atoms with van der Waals surface area (Å²) in [6.07, 6.45) is 0.898. The van der Waals surface area contributed by atoms with E-state index in [1.54, 1.807) is 0 Å². The number of rotatable bonds is 3. The number of halogens is 1. The van der Waals surface area contributed by atoms with Crippen molar-refractivity contribution >= 4 is 27.3 Å². The summed E-state index contributed by atoms with van der Waals surface area (Å²) in [5.74, 6) is 0. The van der Waals surface area contributed by atoms with Crippen LogP contribution >= 0.6 is 15.9 Å². The van der Waals surface area contributed by atoms with E-state index in [4.69, 9.17) is 5.10 Å². The highest BCUT2D eigenvalue weighted by Gasteiger charge is 2.29. The quantitative estimate of drug-likeness (QED) is 0.563. The van der Waals surface area contributed by atoms with Crippen molar-refractivity contribution in [3.8, 4) is 0 Å². The van der Waals surface area contributed by atoms with Gasteiger partial charge < -0.3 is 0 Å². The molecule has 0 bridgehead atoms. The van der Waals surface area contributed by atoms with Crippen LogP contribution in [0, 0.1) is 0 Å². The molecule has 1 atom stereocenters. The van der Waals surface area contributed by atoms with Crippen LogP contribution < -0.4 is 5.01 Å². The number of benzene rings is 3. The van der Waals surface area contributed by atoms with Crippen LogP contribution in [0.25, 0.3) is 0 Å². The number of anilines is 1. The van der Waals surface area contributed by atoms with Gasteiger partial charge in [-0.1, -0.05) is 76.6 Å². The Morgan fingerprint density at radius 1 is 0.833 bits per heavy atom. The molecule has 3 heteroatoms. The van der Waals surface area contributed by atoms with E-state index in [2.05, 4.69) is 93.7 Å². The molecular weight excluding hydrogens is 360 g/mol. The van der Waals surface area contributed by atoms with Gasteiger partial charge in [-0.25, -0.2) is 0 Å². The zero-order valence-electron chi connectivity index (χ0n) is 13.1. The summed E-state index contributed by atoms with van der Waals surface area (Å²) in [6, 6.07) is 29.5. The molecule has 1 heterocycles. The SMILES string of the molecule is Brc1cccc([C@H]2CC(c3ccccc3)=NN2c2ccccc2)c1. The van der Waals surface area contributed by atoms with Crippen LogP contribution in [-0.2, 0) is 0 Å². The molecule has 0 aliphatic carbocycles. The second kappa shape index (κ2) is 6.62. The van der Waals surface area contributed by atoms with E-state index in [1.807, 2.05) is 12.1 Å². The smallest absolute Gasteiger partial charge is 0.0832 e. The van der Waals surface area contributed by atoms with E-state index in [9.17, 15) is 0 Å². The Hall–Kier alpha value is -2.39. The lowest BCUT2D eigenvalue weighted by Gasteiger charge is -2.24. The summed E-state index contributed by atoms with van der Waals surface area (Å²) in [5, 5.41) is 7.09. The summed E-state index contributed by atoms with van der Waals surface area (Å²) in [6.45, 7) is 0. The third kappa shape index (κ3) is 3.00. The fraction of sp³-hybridized carbons (Fsp3) is 0.0952. The van der Waals surface area contributed by atoms with Crippen molar-refractivity contribution in [3.63, 3.8) is 0 Å². The summed E-state index contributed by atoms with van der Waals surface area (Å²) >= 11 is 3.59. The first kappa shape index (κ1) is 15.2. The molecule has 0 fully saturated rings. The standard InChI is InChI=1S/C21H17BrN2/c22-18-11-7-10-17(14-18)21-15-20(16-8-3-1-4-9-16)23-24(21)19-12-5-2-6-13-19/h1-14,21H,15H2/t21-/m1/s1. The number of nitrogens with zero attached hydrogens (tertiary/aromatic N) is 2. The van der Waals surface area contributed by atoms with Gasteiger partial charge in [-0.15, -0.1) is 0 Å². The molecule has 0 radical (unpaired) electrons. The highest BCUT2D eigenvalue weighted by atomic mass is 79.9. The Bertz CT molecular complexity index is 859. The van der Waals surface area contributed by atoms with E-state index in [1.165, 1.54) is 11.1 Å². The van der Waals surface area contributed by atoms with Crippen molar-refractivity contribution < 1.29 is 0 Å². The van der Waals surface area contributed by atoms with E-state index in [0.29, 0.717) is 0 Å². The van der Waals surface area contributed by atoms with Gasteiger partial charge in [-0.2, -0.15) is 5.10 Å². The van der Waals surface area contributed by atoms with E-state index in [0.717, 1.165) is 22.3 Å². The maximum atomic E-state index is 4.95. The zero-order valence-corrected chi connectivity index (χ0v) is 14.7. The molecule has 2 nitrogen and oxygen atoms in total. The molecule has 0 saturated carbocycles. The third-order valence-electron chi connectivity index (χ3n) is 4.27. The lowest BCUT2D eigenvalue weighted by Crippen LogP contribution is -2.18. The van der Waals surface area contributed by atoms with Crippen LogP contribution in [0.4, 0.5) is 5.69 Å². The maximum absolute atomic E-state index is 4.95. The molecular formula is C21H17BrN2. The van der Waals surface area contributed by atoms with Gasteiger partial charge in [0.15, 0.2) is 0 Å². The van der Waals surface area contributed by atoms with Gasteiger partial charge in [0.2, 0.25) is 0 Å². The van der Waals surface area contributed by atoms with Gasteiger partial charge in [-0.3, -0.25) is 5.01 Å². The number of hydrazone groups is 1. The first-order valence-electron chi connectivity index (χ1n) is 8.04. The molecule has 3 aromatic carbocycles. The zero-order chi connectivity index (χ0) is 16.4. The van der Waals surface area contributed by atoms with Crippen molar-refractivity contribution in [1.82, 2.24) is 0 Å². The first-order chi connectivity index (χ1) is 11.8. The molecule has 1 aliphatic rings. The minimum atomic E-state index is 0.208. The highest BCUT2D eigenvalue weighted by molar-refractivity contribution is 9.10. The Balaban J connectivity index is 1.76. The van der Waals surface area contributed by atoms with Crippen LogP contribution in [0.2, 0.25) is 0 Å². The largest absolute Gasteiger partial charge is 0.257 e. The Morgan fingerprint density at radius 2 is 1.54 bits per heavy atom. The van der Waals surface area contributed by atoms with Crippen LogP contribution in [0.1, 0.15) is 23.6 Å². The van der Waals surface area contributed by atoms with E-state index < -0.39 is 0 Å². The minimum absolute atomic E-state index is 0.208. The molecule has 0 aromatic heterocycles. The molecule has 4 rings (SSSR count). The molecule has 0 N–H and O–H groups in total. The monoisotopic (exact) mass is 376 g/mol. The fourth-order valence-electron chi connectivity index (χ4n) is 3.11. The van der Waals surface area contributed by atoms with Gasteiger partial charge in [0.25, 0.3) is 0 Å². The molecule has 1 aliphatic heterocycles. The molecule has 118 valence electrons. The predicted molar refractivity (Wildman–Crippen MR) is 103 cm³/mol. The number of para-hydroxylation sites is 1. The van der Waals surface area contributed by atoms with Gasteiger partial charge in [0, 0.05) is 10.9 Å². The summed E-state index contributed by atoms with van der Waals surface area (Å²) in [4.78, 5) is 0. The van der Waals surface area contributed by atoms with Crippen LogP contribution in [-0.4, -0.2) is 5.71 Å². The third-order valence-corrected chi connectivity index (χ3v) is 4.76. The van der Waals surface area contributed by atoms with Gasteiger partial charge in [-0.05, 0) is 35.4 Å². The Labute approximate surface area is 150 Å². The second-order valence-corrected chi connectivity index (χ2v) is 6.78. The highest BCUT2D eigenvalue weighted by Crippen LogP contribution is 2.37. The summed E-state index contributed by atoms with van der Waals surface area (Å²) in [5.41, 5.74) is 4.71. The minimum Gasteiger partial charge on any atom is -0.257 e. The van der Waals surface area contributed by atoms with Crippen molar-refractivity contribution in [2.24, 2.45) is 5.10 Å². The van der Waals surface area contributed by atoms with Gasteiger partial charge in [0.05, 0.1) is 17.4 Å². The molecule has 0 spiro atoms. The summed E-state index contributed by atoms with van der Waals surface area (Å²) in [7, 11) is 0. The van der Waals surface area contributed by atoms with Crippen molar-refractivity contribution in [2.75, 3.05) is 5.01 Å². The van der Waals surface area contributed by atoms with Crippen LogP contribution in [0.15, 0.2) is 94.5 Å². The topological polar surface area (TPSA) is 15.6 Å².